The van der Waals surface area contributed by atoms with Gasteiger partial charge in [-0.25, -0.2) is 0 Å². The number of carbonyl (C=O) groups excluding carboxylic acids is 2. The summed E-state index contributed by atoms with van der Waals surface area (Å²) in [5.41, 5.74) is 0.560. The van der Waals surface area contributed by atoms with E-state index in [1.54, 1.807) is 32.3 Å². The minimum Gasteiger partial charge on any atom is -0.675 e. The fourth-order valence-electron chi connectivity index (χ4n) is 2.90. The molecule has 29 heavy (non-hydrogen) atoms. The van der Waals surface area contributed by atoms with Crippen LogP contribution in [0.25, 0.3) is 5.32 Å². The standard InChI is InChI=1S/C20H23N3O5.Li/c1-4-12(14-9-6-10-28-14)21-15-16(19(26)18(15)25)22-13-8-5-7-11(17(13)24)20(27)23(2)3;/h5-10,12,18,22,25H,4H2,1-3H3,(H2,21,24,26,27);/q;+1/p-1. The number of hydrogen-bond donors (Lipinski definition) is 3. The Kier molecular flexibility index (Phi) is 7.20. The number of nitrogens with zero attached hydrogens (tertiary/aromatic N) is 2. The van der Waals surface area contributed by atoms with Gasteiger partial charge >= 0.3 is 18.9 Å². The second kappa shape index (κ2) is 9.22. The summed E-state index contributed by atoms with van der Waals surface area (Å²) in [6.45, 7) is 1.92. The molecule has 3 N–H and O–H groups in total. The van der Waals surface area contributed by atoms with Gasteiger partial charge in [-0.05, 0) is 24.3 Å². The molecule has 2 unspecified atom stereocenters. The zero-order valence-corrected chi connectivity index (χ0v) is 16.8. The monoisotopic (exact) mass is 391 g/mol. The van der Waals surface area contributed by atoms with E-state index in [0.717, 1.165) is 0 Å². The molecule has 1 heterocycles. The van der Waals surface area contributed by atoms with Gasteiger partial charge in [0.25, 0.3) is 5.91 Å². The Bertz CT molecular complexity index is 924. The van der Waals surface area contributed by atoms with Crippen molar-refractivity contribution in [1.82, 2.24) is 4.90 Å². The molecule has 1 aliphatic rings. The van der Waals surface area contributed by atoms with Gasteiger partial charge < -0.3 is 30.2 Å². The van der Waals surface area contributed by atoms with E-state index in [-0.39, 0.29) is 59.2 Å². The Hall–Kier alpha value is -2.66. The Morgan fingerprint density at radius 3 is 2.62 bits per heavy atom. The average molecular weight is 391 g/mol. The average Bonchev–Trinajstić information content (AvgIpc) is 3.22. The van der Waals surface area contributed by atoms with Crippen molar-refractivity contribution < 1.29 is 43.1 Å². The molecule has 3 rings (SSSR count). The number of rotatable bonds is 7. The molecule has 8 nitrogen and oxygen atoms in total. The molecular weight excluding hydrogens is 369 g/mol. The van der Waals surface area contributed by atoms with E-state index in [9.17, 15) is 19.8 Å². The molecule has 148 valence electrons. The molecule has 0 saturated heterocycles. The topological polar surface area (TPSA) is 117 Å². The van der Waals surface area contributed by atoms with Crippen LogP contribution in [0, 0.1) is 0 Å². The van der Waals surface area contributed by atoms with Gasteiger partial charge in [0.05, 0.1) is 29.0 Å². The summed E-state index contributed by atoms with van der Waals surface area (Å²) in [6, 6.07) is 7.79. The van der Waals surface area contributed by atoms with Crippen LogP contribution in [0.5, 0.6) is 5.75 Å². The van der Waals surface area contributed by atoms with Gasteiger partial charge in [0.15, 0.2) is 5.75 Å². The third-order valence-electron chi connectivity index (χ3n) is 4.50. The van der Waals surface area contributed by atoms with Crippen LogP contribution in [0.15, 0.2) is 52.4 Å². The van der Waals surface area contributed by atoms with Crippen LogP contribution in [0.3, 0.4) is 0 Å². The number of phenolic OH excluding ortho intramolecular Hbond substituents is 1. The molecule has 1 aromatic carbocycles. The second-order valence-corrected chi connectivity index (χ2v) is 6.62. The summed E-state index contributed by atoms with van der Waals surface area (Å²) in [7, 11) is 3.15. The molecule has 2 aromatic rings. The smallest absolute Gasteiger partial charge is 0.675 e. The summed E-state index contributed by atoms with van der Waals surface area (Å²) in [5.74, 6) is -0.552. The number of Topliss-reactive ketones (excluding diaryl/α,β-unsaturated/α-hetero) is 1. The first kappa shape index (κ1) is 22.6. The molecule has 2 atom stereocenters. The number of hydrogen-bond acceptors (Lipinski definition) is 6. The molecule has 0 spiro atoms. The normalized spacial score (nSPS) is 16.6. The number of amides is 1. The number of aliphatic hydroxyl groups is 1. The zero-order valence-electron chi connectivity index (χ0n) is 16.8. The number of para-hydroxylation sites is 1. The number of benzene rings is 1. The van der Waals surface area contributed by atoms with Crippen LogP contribution in [0.1, 0.15) is 35.5 Å². The van der Waals surface area contributed by atoms with Crippen molar-refractivity contribution in [2.24, 2.45) is 0 Å². The van der Waals surface area contributed by atoms with Crippen molar-refractivity contribution in [2.75, 3.05) is 19.4 Å². The van der Waals surface area contributed by atoms with Crippen LogP contribution in [0.2, 0.25) is 0 Å². The minimum atomic E-state index is -1.33. The van der Waals surface area contributed by atoms with E-state index in [2.05, 4.69) is 10.6 Å². The van der Waals surface area contributed by atoms with E-state index in [1.165, 1.54) is 23.3 Å². The third-order valence-corrected chi connectivity index (χ3v) is 4.50. The fourth-order valence-corrected chi connectivity index (χ4v) is 2.90. The fraction of sp³-hybridized carbons (Fsp3) is 0.300. The molecule has 0 radical (unpaired) electrons. The van der Waals surface area contributed by atoms with Crippen molar-refractivity contribution in [2.45, 2.75) is 25.5 Å². The van der Waals surface area contributed by atoms with Gasteiger partial charge in [-0.2, -0.15) is 0 Å². The summed E-state index contributed by atoms with van der Waals surface area (Å²) in [6.07, 6.45) is 0.818. The number of ketones is 1. The molecular formula is C20H22LiN3O5. The Morgan fingerprint density at radius 2 is 2.03 bits per heavy atom. The predicted octanol–water partition coefficient (Wildman–Crippen LogP) is -0.217. The summed E-state index contributed by atoms with van der Waals surface area (Å²) >= 11 is 0. The molecule has 1 aliphatic carbocycles. The zero-order chi connectivity index (χ0) is 20.4. The van der Waals surface area contributed by atoms with E-state index in [0.29, 0.717) is 12.2 Å². The van der Waals surface area contributed by atoms with E-state index in [4.69, 9.17) is 4.42 Å². The molecule has 0 saturated carbocycles. The van der Waals surface area contributed by atoms with Crippen LogP contribution < -0.4 is 24.2 Å². The van der Waals surface area contributed by atoms with Gasteiger partial charge in [-0.3, -0.25) is 9.59 Å². The van der Waals surface area contributed by atoms with Crippen molar-refractivity contribution in [1.29, 1.82) is 0 Å². The van der Waals surface area contributed by atoms with Gasteiger partial charge in [0.2, 0.25) is 5.78 Å². The maximum Gasteiger partial charge on any atom is 1.00 e. The van der Waals surface area contributed by atoms with Gasteiger partial charge in [0, 0.05) is 14.1 Å². The summed E-state index contributed by atoms with van der Waals surface area (Å²) in [4.78, 5) is 25.7. The van der Waals surface area contributed by atoms with Crippen LogP contribution in [0.4, 0.5) is 5.69 Å². The maximum absolute atomic E-state index is 12.2. The van der Waals surface area contributed by atoms with Gasteiger partial charge in [0.1, 0.15) is 6.10 Å². The third kappa shape index (κ3) is 4.35. The van der Waals surface area contributed by atoms with Crippen molar-refractivity contribution in [3.8, 4) is 5.75 Å². The number of aromatic hydroxyl groups is 1. The number of carbonyl (C=O) groups is 2. The number of nitrogens with one attached hydrogen (secondary N) is 1. The quantitative estimate of drug-likeness (QED) is 0.444. The van der Waals surface area contributed by atoms with E-state index >= 15 is 0 Å². The Morgan fingerprint density at radius 1 is 1.31 bits per heavy atom. The van der Waals surface area contributed by atoms with Gasteiger partial charge in [-0.1, -0.05) is 31.1 Å². The first-order chi connectivity index (χ1) is 13.3. The summed E-state index contributed by atoms with van der Waals surface area (Å²) < 4.78 is 5.37. The number of aliphatic hydroxyl groups excluding tert-OH is 1. The Balaban J connectivity index is 0.00000300. The van der Waals surface area contributed by atoms with Crippen molar-refractivity contribution in [3.63, 3.8) is 0 Å². The molecule has 1 aromatic heterocycles. The largest absolute Gasteiger partial charge is 1.00 e. The van der Waals surface area contributed by atoms with E-state index < -0.39 is 11.9 Å². The number of furan rings is 1. The SMILES string of the molecule is CCC([N-]C1=C(Nc2cccc(C(=O)N(C)C)c2O)C(=O)C1O)c1ccco1.[Li+]. The second-order valence-electron chi connectivity index (χ2n) is 6.62. The number of phenols is 1. The maximum atomic E-state index is 12.2. The van der Waals surface area contributed by atoms with E-state index in [1.807, 2.05) is 6.92 Å². The first-order valence-electron chi connectivity index (χ1n) is 8.86. The van der Waals surface area contributed by atoms with Crippen LogP contribution >= 0.6 is 0 Å². The van der Waals surface area contributed by atoms with Gasteiger partial charge in [-0.15, -0.1) is 0 Å². The van der Waals surface area contributed by atoms with Crippen molar-refractivity contribution >= 4 is 17.4 Å². The Labute approximate surface area is 180 Å². The van der Waals surface area contributed by atoms with Crippen molar-refractivity contribution in [3.05, 3.63) is 64.6 Å². The molecule has 0 fully saturated rings. The summed E-state index contributed by atoms with van der Waals surface area (Å²) in [5, 5.41) is 27.8. The first-order valence-corrected chi connectivity index (χ1v) is 8.86. The molecule has 1 amide bonds. The minimum absolute atomic E-state index is 0. The molecule has 0 aliphatic heterocycles. The predicted molar refractivity (Wildman–Crippen MR) is 103 cm³/mol. The molecule has 0 bridgehead atoms. The van der Waals surface area contributed by atoms with Crippen LogP contribution in [-0.2, 0) is 4.79 Å². The number of anilines is 1. The van der Waals surface area contributed by atoms with Crippen LogP contribution in [-0.4, -0.2) is 47.0 Å². The molecule has 9 heteroatoms.